The first kappa shape index (κ1) is 19.5. The van der Waals surface area contributed by atoms with Gasteiger partial charge in [0.05, 0.1) is 36.7 Å². The number of methoxy groups -OCH3 is 1. The maximum absolute atomic E-state index is 12.4. The molecule has 29 heavy (non-hydrogen) atoms. The summed E-state index contributed by atoms with van der Waals surface area (Å²) in [6, 6.07) is 1.90. The molecule has 0 aliphatic heterocycles. The van der Waals surface area contributed by atoms with Crippen molar-refractivity contribution in [3.05, 3.63) is 41.3 Å². The number of nitrogens with zero attached hydrogens (tertiary/aromatic N) is 5. The third kappa shape index (κ3) is 4.30. The fraction of sp³-hybridized carbons (Fsp3) is 0.500. The Hall–Kier alpha value is -2.78. The Morgan fingerprint density at radius 3 is 2.79 bits per heavy atom. The van der Waals surface area contributed by atoms with Crippen molar-refractivity contribution in [2.24, 2.45) is 7.05 Å². The van der Waals surface area contributed by atoms with E-state index in [4.69, 9.17) is 14.5 Å². The van der Waals surface area contributed by atoms with Gasteiger partial charge >= 0.3 is 0 Å². The van der Waals surface area contributed by atoms with Crippen LogP contribution in [0.15, 0.2) is 35.8 Å². The van der Waals surface area contributed by atoms with Gasteiger partial charge < -0.3 is 19.4 Å². The van der Waals surface area contributed by atoms with Crippen molar-refractivity contribution in [1.29, 1.82) is 0 Å². The number of aryl methyl sites for hydroxylation is 1. The van der Waals surface area contributed by atoms with Gasteiger partial charge in [0.15, 0.2) is 0 Å². The number of fused-ring (bicyclic) bond motifs is 1. The van der Waals surface area contributed by atoms with Crippen molar-refractivity contribution >= 4 is 16.7 Å². The summed E-state index contributed by atoms with van der Waals surface area (Å²) in [4.78, 5) is 25.6. The first-order chi connectivity index (χ1) is 14.2. The molecule has 1 N–H and O–H groups in total. The Kier molecular flexibility index (Phi) is 5.86. The highest BCUT2D eigenvalue weighted by molar-refractivity contribution is 5.87. The Bertz CT molecular complexity index is 1010. The van der Waals surface area contributed by atoms with Crippen molar-refractivity contribution in [3.8, 4) is 5.95 Å². The topological polar surface area (TPSA) is 96.1 Å². The molecule has 3 heterocycles. The monoisotopic (exact) mass is 398 g/mol. The lowest BCUT2D eigenvalue weighted by Crippen LogP contribution is -2.31. The quantitative estimate of drug-likeness (QED) is 0.607. The number of rotatable bonds is 7. The van der Waals surface area contributed by atoms with E-state index in [1.807, 2.05) is 0 Å². The zero-order valence-electron chi connectivity index (χ0n) is 16.7. The lowest BCUT2D eigenvalue weighted by Gasteiger charge is -2.30. The minimum atomic E-state index is -0.0874. The molecule has 0 bridgehead atoms. The molecule has 1 aliphatic rings. The van der Waals surface area contributed by atoms with Crippen molar-refractivity contribution < 1.29 is 9.47 Å². The second-order valence-corrected chi connectivity index (χ2v) is 7.31. The van der Waals surface area contributed by atoms with E-state index < -0.39 is 0 Å². The van der Waals surface area contributed by atoms with Crippen LogP contribution in [0, 0.1) is 0 Å². The summed E-state index contributed by atoms with van der Waals surface area (Å²) in [5.41, 5.74) is 2.08. The van der Waals surface area contributed by atoms with Crippen LogP contribution in [0.25, 0.3) is 17.0 Å². The number of imidazole rings is 1. The van der Waals surface area contributed by atoms with Gasteiger partial charge in [0.25, 0.3) is 5.56 Å². The van der Waals surface area contributed by atoms with E-state index in [0.717, 1.165) is 36.9 Å². The van der Waals surface area contributed by atoms with Crippen LogP contribution < -0.4 is 10.9 Å². The molecule has 4 rings (SSSR count). The molecule has 3 aromatic rings. The molecular formula is C20H26N6O3. The zero-order chi connectivity index (χ0) is 20.2. The third-order valence-corrected chi connectivity index (χ3v) is 5.38. The molecule has 0 aromatic carbocycles. The highest BCUT2D eigenvalue weighted by Gasteiger charge is 2.23. The van der Waals surface area contributed by atoms with Gasteiger partial charge in [-0.25, -0.2) is 15.0 Å². The standard InChI is InChI=1S/C20H26N6O3/c1-25-17-12-22-20(26-8-7-21-13-26)24-19(17)16(11-18(25)27)23-14-3-5-15(6-4-14)29-10-9-28-2/h7-8,11-15,23H,3-6,9-10H2,1-2H3/t14-,15-. The van der Waals surface area contributed by atoms with E-state index in [0.29, 0.717) is 24.7 Å². The van der Waals surface area contributed by atoms with E-state index in [1.165, 1.54) is 0 Å². The Labute approximate surface area is 168 Å². The molecule has 3 aromatic heterocycles. The number of nitrogens with one attached hydrogen (secondary N) is 1. The molecular weight excluding hydrogens is 372 g/mol. The summed E-state index contributed by atoms with van der Waals surface area (Å²) < 4.78 is 14.2. The average Bonchev–Trinajstić information content (AvgIpc) is 3.28. The van der Waals surface area contributed by atoms with Crippen LogP contribution in [-0.4, -0.2) is 56.6 Å². The van der Waals surface area contributed by atoms with Gasteiger partial charge in [0.1, 0.15) is 11.8 Å². The predicted molar refractivity (Wildman–Crippen MR) is 109 cm³/mol. The maximum atomic E-state index is 12.4. The summed E-state index contributed by atoms with van der Waals surface area (Å²) in [6.45, 7) is 1.25. The summed E-state index contributed by atoms with van der Waals surface area (Å²) in [5, 5.41) is 3.54. The molecule has 0 spiro atoms. The zero-order valence-corrected chi connectivity index (χ0v) is 16.7. The number of pyridine rings is 1. The summed E-state index contributed by atoms with van der Waals surface area (Å²) in [5.74, 6) is 0.520. The van der Waals surface area contributed by atoms with Crippen molar-refractivity contribution in [2.45, 2.75) is 37.8 Å². The van der Waals surface area contributed by atoms with Crippen LogP contribution in [0.5, 0.6) is 0 Å². The summed E-state index contributed by atoms with van der Waals surface area (Å²) >= 11 is 0. The third-order valence-electron chi connectivity index (χ3n) is 5.38. The van der Waals surface area contributed by atoms with Crippen LogP contribution in [0.4, 0.5) is 5.69 Å². The fourth-order valence-corrected chi connectivity index (χ4v) is 3.72. The average molecular weight is 398 g/mol. The van der Waals surface area contributed by atoms with Gasteiger partial charge in [-0.05, 0) is 25.7 Å². The molecule has 0 radical (unpaired) electrons. The molecule has 0 atom stereocenters. The number of hydrogen-bond donors (Lipinski definition) is 1. The lowest BCUT2D eigenvalue weighted by atomic mass is 9.92. The molecule has 1 fully saturated rings. The molecule has 1 saturated carbocycles. The number of anilines is 1. The molecule has 1 aliphatic carbocycles. The van der Waals surface area contributed by atoms with E-state index in [1.54, 1.807) is 54.3 Å². The minimum Gasteiger partial charge on any atom is -0.382 e. The summed E-state index contributed by atoms with van der Waals surface area (Å²) in [7, 11) is 3.41. The first-order valence-corrected chi connectivity index (χ1v) is 9.88. The number of ether oxygens (including phenoxy) is 2. The Morgan fingerprint density at radius 1 is 1.24 bits per heavy atom. The van der Waals surface area contributed by atoms with Crippen molar-refractivity contribution in [2.75, 3.05) is 25.6 Å². The van der Waals surface area contributed by atoms with Crippen molar-refractivity contribution in [3.63, 3.8) is 0 Å². The molecule has 0 amide bonds. The minimum absolute atomic E-state index is 0.0874. The largest absolute Gasteiger partial charge is 0.382 e. The second kappa shape index (κ2) is 8.71. The van der Waals surface area contributed by atoms with Gasteiger partial charge in [-0.2, -0.15) is 0 Å². The molecule has 154 valence electrons. The van der Waals surface area contributed by atoms with Crippen LogP contribution >= 0.6 is 0 Å². The second-order valence-electron chi connectivity index (χ2n) is 7.31. The van der Waals surface area contributed by atoms with Crippen molar-refractivity contribution in [1.82, 2.24) is 24.1 Å². The van der Waals surface area contributed by atoms with E-state index in [-0.39, 0.29) is 17.7 Å². The Morgan fingerprint density at radius 2 is 2.07 bits per heavy atom. The van der Waals surface area contributed by atoms with Gasteiger partial charge in [-0.1, -0.05) is 0 Å². The maximum Gasteiger partial charge on any atom is 0.252 e. The van der Waals surface area contributed by atoms with Gasteiger partial charge in [0, 0.05) is 38.7 Å². The highest BCUT2D eigenvalue weighted by Crippen LogP contribution is 2.27. The van der Waals surface area contributed by atoms with E-state index in [2.05, 4.69) is 15.3 Å². The number of aromatic nitrogens is 5. The van der Waals surface area contributed by atoms with Gasteiger partial charge in [-0.3, -0.25) is 9.36 Å². The Balaban J connectivity index is 1.55. The normalized spacial score (nSPS) is 19.5. The number of hydrogen-bond acceptors (Lipinski definition) is 7. The highest BCUT2D eigenvalue weighted by atomic mass is 16.5. The SMILES string of the molecule is COCCO[C@H]1CC[C@H](Nc2cc(=O)n(C)c3cnc(-n4ccnc4)nc23)CC1. The molecule has 9 nitrogen and oxygen atoms in total. The predicted octanol–water partition coefficient (Wildman–Crippen LogP) is 1.90. The van der Waals surface area contributed by atoms with E-state index in [9.17, 15) is 4.79 Å². The lowest BCUT2D eigenvalue weighted by molar-refractivity contribution is -0.00154. The van der Waals surface area contributed by atoms with Crippen LogP contribution in [0.2, 0.25) is 0 Å². The molecule has 0 unspecified atom stereocenters. The summed E-state index contributed by atoms with van der Waals surface area (Å²) in [6.07, 6.45) is 11.0. The first-order valence-electron chi connectivity index (χ1n) is 9.88. The van der Waals surface area contributed by atoms with E-state index >= 15 is 0 Å². The van der Waals surface area contributed by atoms with Crippen LogP contribution in [-0.2, 0) is 16.5 Å². The molecule has 0 saturated heterocycles. The van der Waals surface area contributed by atoms with Crippen LogP contribution in [0.3, 0.4) is 0 Å². The van der Waals surface area contributed by atoms with Crippen LogP contribution in [0.1, 0.15) is 25.7 Å². The van der Waals surface area contributed by atoms with Gasteiger partial charge in [-0.15, -0.1) is 0 Å². The fourth-order valence-electron chi connectivity index (χ4n) is 3.72. The van der Waals surface area contributed by atoms with Gasteiger partial charge in [0.2, 0.25) is 5.95 Å². The smallest absolute Gasteiger partial charge is 0.252 e. The molecule has 9 heteroatoms.